The molecule has 0 bridgehead atoms. The second-order valence-corrected chi connectivity index (χ2v) is 21.9. The second-order valence-electron chi connectivity index (χ2n) is 20.8. The van der Waals surface area contributed by atoms with Gasteiger partial charge in [0.1, 0.15) is 67.5 Å². The molecule has 2 atom stereocenters. The second kappa shape index (κ2) is 29.4. The molecule has 9 heterocycles. The maximum absolute atomic E-state index is 11.2. The topological polar surface area (TPSA) is 353 Å². The number of aliphatic hydroxyl groups is 4. The van der Waals surface area contributed by atoms with E-state index in [1.807, 2.05) is 61.4 Å². The molecule has 0 aliphatic heterocycles. The molecular formula is C62H68Cl3N15O10. The fourth-order valence-corrected chi connectivity index (χ4v) is 10.1. The van der Waals surface area contributed by atoms with Crippen molar-refractivity contribution in [3.05, 3.63) is 120 Å². The van der Waals surface area contributed by atoms with Crippen molar-refractivity contribution in [2.24, 2.45) is 0 Å². The molecule has 0 aliphatic carbocycles. The summed E-state index contributed by atoms with van der Waals surface area (Å²) in [6, 6.07) is 0. The van der Waals surface area contributed by atoms with Gasteiger partial charge >= 0.3 is 6.16 Å². The molecule has 0 saturated carbocycles. The van der Waals surface area contributed by atoms with Crippen LogP contribution in [0.2, 0.25) is 15.5 Å². The van der Waals surface area contributed by atoms with Crippen LogP contribution < -0.4 is 31.4 Å². The van der Waals surface area contributed by atoms with E-state index in [-0.39, 0.29) is 46.5 Å². The highest BCUT2D eigenvalue weighted by molar-refractivity contribution is 6.35. The lowest BCUT2D eigenvalue weighted by atomic mass is 10.1. The number of halogens is 3. The number of nitrogens with two attached hydrogens (primary N) is 3. The third-order valence-corrected chi connectivity index (χ3v) is 14.6. The van der Waals surface area contributed by atoms with Crippen LogP contribution in [0.5, 0.6) is 17.2 Å². The van der Waals surface area contributed by atoms with Crippen molar-refractivity contribution in [2.75, 3.05) is 65.0 Å². The fraction of sp³-hybridized carbons (Fsp3) is 0.355. The van der Waals surface area contributed by atoms with E-state index in [1.54, 1.807) is 59.2 Å². The van der Waals surface area contributed by atoms with E-state index in [0.29, 0.717) is 75.8 Å². The summed E-state index contributed by atoms with van der Waals surface area (Å²) < 4.78 is 31.6. The van der Waals surface area contributed by atoms with Crippen LogP contribution in [0, 0.1) is 77.1 Å². The first-order chi connectivity index (χ1) is 42.7. The van der Waals surface area contributed by atoms with Crippen molar-refractivity contribution in [3.8, 4) is 52.8 Å². The minimum absolute atomic E-state index is 0.0369. The number of carbonyl (C=O) groups excluding carboxylic acids is 1. The number of rotatable bonds is 14. The number of hydrogen-bond acceptors (Lipinski definition) is 22. The SMILES string of the molecule is CCOC(=O)OCCC#Cc1cn(Cc2ncc(C)c(OC)c2C)c2nc(N)nc(Cl)c12.COc1c(C)cnc(Cn2cc(C#C[C@@](C)(O)CO)c3c(Cl)nc(N)nc32)c1C.COc1c(C)cnc(Cn2cc(C#C[C@](C)(O)CO)c3c(Cl)nc(N)nc32)c1C. The number of aryl methyl sites for hydroxylation is 3. The zero-order chi connectivity index (χ0) is 65.9. The van der Waals surface area contributed by atoms with Crippen LogP contribution in [0.25, 0.3) is 33.1 Å². The normalized spacial score (nSPS) is 12.2. The monoisotopic (exact) mass is 1290 g/mol. The largest absolute Gasteiger partial charge is 0.508 e. The van der Waals surface area contributed by atoms with Crippen LogP contribution in [0.1, 0.15) is 94.3 Å². The molecular weight excluding hydrogens is 1220 g/mol. The lowest BCUT2D eigenvalue weighted by Crippen LogP contribution is -2.26. The zero-order valence-electron chi connectivity index (χ0n) is 51.6. The molecule has 0 saturated heterocycles. The smallest absolute Gasteiger partial charge is 0.496 e. The summed E-state index contributed by atoms with van der Waals surface area (Å²) in [5, 5.41) is 40.6. The summed E-state index contributed by atoms with van der Waals surface area (Å²) in [6.45, 7) is 16.7. The number of aliphatic hydroxyl groups excluding tert-OH is 2. The molecule has 0 spiro atoms. The van der Waals surface area contributed by atoms with Crippen molar-refractivity contribution in [1.82, 2.24) is 58.6 Å². The standard InChI is InChI=1S/C22H24ClN5O4.2C20H22ClN5O3/c1-5-31-22(29)32-9-7-6-8-15-11-28(20-17(15)19(23)26-21(24)27-20)12-16-14(3)18(30-4)13(2)10-25-16;2*1-11-7-23-14(12(2)16(11)29-4)9-26-8-13(5-6-20(3,28)10-27)15-17(21)24-19(22)25-18(15)26/h10-11H,5,7,9,12H2,1-4H3,(H2,24,26,27);2*7-8,27-28H,9-10H2,1-4H3,(H2,22,24,25)/t;2*20-/m.10/s1. The Morgan fingerprint density at radius 1 is 0.544 bits per heavy atom. The Morgan fingerprint density at radius 3 is 1.17 bits per heavy atom. The van der Waals surface area contributed by atoms with Crippen molar-refractivity contribution in [1.29, 1.82) is 0 Å². The number of nitrogens with zero attached hydrogens (tertiary/aromatic N) is 12. The van der Waals surface area contributed by atoms with Crippen molar-refractivity contribution in [3.63, 3.8) is 0 Å². The minimum atomic E-state index is -1.54. The number of hydrogen-bond donors (Lipinski definition) is 7. The van der Waals surface area contributed by atoms with E-state index in [1.165, 1.54) is 13.8 Å². The van der Waals surface area contributed by atoms with E-state index < -0.39 is 30.6 Å². The van der Waals surface area contributed by atoms with Crippen molar-refractivity contribution >= 4 is 91.9 Å². The number of aromatic nitrogens is 12. The van der Waals surface area contributed by atoms with E-state index in [9.17, 15) is 25.2 Å². The molecule has 0 aromatic carbocycles. The van der Waals surface area contributed by atoms with Crippen LogP contribution in [-0.4, -0.2) is 144 Å². The van der Waals surface area contributed by atoms with Gasteiger partial charge in [-0.3, -0.25) is 15.0 Å². The Labute approximate surface area is 533 Å². The van der Waals surface area contributed by atoms with E-state index >= 15 is 0 Å². The summed E-state index contributed by atoms with van der Waals surface area (Å²) in [6.07, 6.45) is 10.2. The van der Waals surface area contributed by atoms with Crippen molar-refractivity contribution in [2.45, 2.75) is 99.6 Å². The van der Waals surface area contributed by atoms with Gasteiger partial charge in [0.05, 0.1) is 111 Å². The maximum Gasteiger partial charge on any atom is 0.508 e. The fourth-order valence-electron chi connectivity index (χ4n) is 9.28. The van der Waals surface area contributed by atoms with Crippen LogP contribution in [-0.2, 0) is 29.1 Å². The predicted molar refractivity (Wildman–Crippen MR) is 343 cm³/mol. The predicted octanol–water partition coefficient (Wildman–Crippen LogP) is 7.31. The number of anilines is 3. The molecule has 0 aliphatic rings. The van der Waals surface area contributed by atoms with Gasteiger partial charge in [0.15, 0.2) is 0 Å². The van der Waals surface area contributed by atoms with E-state index in [0.717, 1.165) is 67.7 Å². The Balaban J connectivity index is 0.000000192. The molecule has 472 valence electrons. The quantitative estimate of drug-likeness (QED) is 0.0243. The molecule has 10 N–H and O–H groups in total. The molecule has 0 radical (unpaired) electrons. The average molecular weight is 1290 g/mol. The summed E-state index contributed by atoms with van der Waals surface area (Å²) >= 11 is 19.0. The highest BCUT2D eigenvalue weighted by atomic mass is 35.5. The van der Waals surface area contributed by atoms with Gasteiger partial charge in [-0.15, -0.1) is 0 Å². The molecule has 25 nitrogen and oxygen atoms in total. The molecule has 9 aromatic heterocycles. The Morgan fingerprint density at radius 2 is 0.867 bits per heavy atom. The Hall–Kier alpha value is -9.23. The lowest BCUT2D eigenvalue weighted by Gasteiger charge is -2.13. The number of methoxy groups -OCH3 is 3. The van der Waals surface area contributed by atoms with Gasteiger partial charge in [-0.25, -0.2) is 19.7 Å². The molecule has 9 rings (SSSR count). The molecule has 0 amide bonds. The highest BCUT2D eigenvalue weighted by Crippen LogP contribution is 2.33. The minimum Gasteiger partial charge on any atom is -0.496 e. The molecule has 0 unspecified atom stereocenters. The lowest BCUT2D eigenvalue weighted by molar-refractivity contribution is 0.0517. The number of pyridine rings is 3. The third kappa shape index (κ3) is 16.0. The first-order valence-corrected chi connectivity index (χ1v) is 28.8. The molecule has 28 heteroatoms. The number of carbonyl (C=O) groups is 1. The first kappa shape index (κ1) is 68.3. The van der Waals surface area contributed by atoms with Crippen LogP contribution in [0.4, 0.5) is 22.6 Å². The summed E-state index contributed by atoms with van der Waals surface area (Å²) in [7, 11) is 4.88. The van der Waals surface area contributed by atoms with Gasteiger partial charge in [-0.2, -0.15) is 15.0 Å². The van der Waals surface area contributed by atoms with Gasteiger partial charge in [-0.1, -0.05) is 70.3 Å². The van der Waals surface area contributed by atoms with Gasteiger partial charge in [-0.05, 0) is 62.3 Å². The van der Waals surface area contributed by atoms with Gasteiger partial charge in [0.2, 0.25) is 17.8 Å². The average Bonchev–Trinajstić information content (AvgIpc) is 1.65. The highest BCUT2D eigenvalue weighted by Gasteiger charge is 2.23. The number of ether oxygens (including phenoxy) is 5. The summed E-state index contributed by atoms with van der Waals surface area (Å²) in [4.78, 5) is 49.9. The van der Waals surface area contributed by atoms with E-state index in [2.05, 4.69) is 80.4 Å². The Bertz CT molecular complexity index is 4200. The van der Waals surface area contributed by atoms with Gasteiger partial charge in [0.25, 0.3) is 0 Å². The maximum atomic E-state index is 11.2. The number of nitrogen functional groups attached to an aromatic ring is 3. The number of fused-ring (bicyclic) bond motifs is 3. The van der Waals surface area contributed by atoms with Crippen LogP contribution >= 0.6 is 34.8 Å². The summed E-state index contributed by atoms with van der Waals surface area (Å²) in [5.74, 6) is 19.5. The van der Waals surface area contributed by atoms with Gasteiger partial charge < -0.3 is 75.0 Å². The van der Waals surface area contributed by atoms with Crippen LogP contribution in [0.15, 0.2) is 37.2 Å². The van der Waals surface area contributed by atoms with Gasteiger partial charge in [0, 0.05) is 77.0 Å². The first-order valence-electron chi connectivity index (χ1n) is 27.6. The van der Waals surface area contributed by atoms with Crippen molar-refractivity contribution < 1.29 is 48.9 Å². The summed E-state index contributed by atoms with van der Waals surface area (Å²) in [5.41, 5.74) is 25.5. The Kier molecular flexibility index (Phi) is 22.3. The molecule has 90 heavy (non-hydrogen) atoms. The molecule has 9 aromatic rings. The third-order valence-electron chi connectivity index (χ3n) is 13.8. The van der Waals surface area contributed by atoms with E-state index in [4.69, 9.17) is 75.7 Å². The zero-order valence-corrected chi connectivity index (χ0v) is 53.9. The molecule has 0 fully saturated rings. The van der Waals surface area contributed by atoms with Crippen LogP contribution in [0.3, 0.4) is 0 Å².